The minimum absolute atomic E-state index is 0.148. The molecule has 1 amide bonds. The molecule has 7 nitrogen and oxygen atoms in total. The van der Waals surface area contributed by atoms with Crippen LogP contribution in [0.3, 0.4) is 0 Å². The number of benzene rings is 2. The lowest BCUT2D eigenvalue weighted by Crippen LogP contribution is -2.15. The van der Waals surface area contributed by atoms with E-state index in [9.17, 15) is 9.18 Å². The first-order chi connectivity index (χ1) is 13.5. The molecule has 0 saturated heterocycles. The summed E-state index contributed by atoms with van der Waals surface area (Å²) in [5.74, 6) is -0.599. The first kappa shape index (κ1) is 17.7. The minimum atomic E-state index is -0.493. The van der Waals surface area contributed by atoms with Gasteiger partial charge in [-0.25, -0.2) is 4.39 Å². The molecule has 0 aliphatic rings. The smallest absolute Gasteiger partial charge is 0.259 e. The molecule has 2 heterocycles. The van der Waals surface area contributed by atoms with E-state index in [1.54, 1.807) is 42.1 Å². The Kier molecular flexibility index (Phi) is 4.31. The zero-order valence-corrected chi connectivity index (χ0v) is 15.6. The van der Waals surface area contributed by atoms with E-state index in [-0.39, 0.29) is 11.3 Å². The molecule has 0 unspecified atom stereocenters. The van der Waals surface area contributed by atoms with Gasteiger partial charge in [0.25, 0.3) is 5.91 Å². The largest absolute Gasteiger partial charge is 0.496 e. The van der Waals surface area contributed by atoms with Crippen LogP contribution in [0.5, 0.6) is 5.75 Å². The molecule has 0 radical (unpaired) electrons. The van der Waals surface area contributed by atoms with Gasteiger partial charge in [-0.2, -0.15) is 10.2 Å². The van der Waals surface area contributed by atoms with Crippen LogP contribution >= 0.6 is 0 Å². The number of nitrogens with one attached hydrogen (secondary N) is 2. The zero-order valence-electron chi connectivity index (χ0n) is 15.6. The molecule has 0 aliphatic carbocycles. The highest BCUT2D eigenvalue weighted by molar-refractivity contribution is 6.10. The average molecular weight is 379 g/mol. The van der Waals surface area contributed by atoms with Gasteiger partial charge in [0.15, 0.2) is 0 Å². The Morgan fingerprint density at radius 3 is 2.82 bits per heavy atom. The van der Waals surface area contributed by atoms with Crippen molar-refractivity contribution in [1.82, 2.24) is 20.0 Å². The van der Waals surface area contributed by atoms with Crippen molar-refractivity contribution in [3.63, 3.8) is 0 Å². The van der Waals surface area contributed by atoms with Gasteiger partial charge in [-0.3, -0.25) is 14.6 Å². The van der Waals surface area contributed by atoms with Crippen molar-refractivity contribution >= 4 is 22.5 Å². The summed E-state index contributed by atoms with van der Waals surface area (Å²) in [6, 6.07) is 8.02. The fourth-order valence-corrected chi connectivity index (χ4v) is 3.13. The van der Waals surface area contributed by atoms with Crippen LogP contribution in [-0.4, -0.2) is 33.0 Å². The number of para-hydroxylation sites is 1. The van der Waals surface area contributed by atoms with Crippen molar-refractivity contribution < 1.29 is 13.9 Å². The summed E-state index contributed by atoms with van der Waals surface area (Å²) in [5.41, 5.74) is 3.26. The predicted molar refractivity (Wildman–Crippen MR) is 104 cm³/mol. The molecule has 0 aliphatic heterocycles. The number of carbonyl (C=O) groups excluding carboxylic acids is 1. The number of fused-ring (bicyclic) bond motifs is 1. The summed E-state index contributed by atoms with van der Waals surface area (Å²) < 4.78 is 21.2. The van der Waals surface area contributed by atoms with E-state index >= 15 is 0 Å². The monoisotopic (exact) mass is 379 g/mol. The molecular weight excluding hydrogens is 361 g/mol. The standard InChI is InChI=1S/C20H18FN5O2/c1-11-5-4-6-15(21)18(11)23-20(27)14-7-13-16(8-17(14)28-3)24-25-19(13)12-9-22-26(2)10-12/h4-10H,1-3H3,(H,23,27)(H,24,25). The second kappa shape index (κ2) is 6.80. The maximum absolute atomic E-state index is 14.1. The van der Waals surface area contributed by atoms with Gasteiger partial charge in [-0.05, 0) is 24.6 Å². The molecule has 4 rings (SSSR count). The molecule has 0 bridgehead atoms. The van der Waals surface area contributed by atoms with Gasteiger partial charge < -0.3 is 10.1 Å². The Hall–Kier alpha value is -3.68. The Morgan fingerprint density at radius 2 is 2.14 bits per heavy atom. The van der Waals surface area contributed by atoms with Gasteiger partial charge in [-0.15, -0.1) is 0 Å². The third-order valence-corrected chi connectivity index (χ3v) is 4.57. The van der Waals surface area contributed by atoms with E-state index in [1.165, 1.54) is 13.2 Å². The Morgan fingerprint density at radius 1 is 1.32 bits per heavy atom. The number of halogens is 1. The van der Waals surface area contributed by atoms with E-state index < -0.39 is 11.7 Å². The number of ether oxygens (including phenoxy) is 1. The molecule has 4 aromatic rings. The number of hydrogen-bond donors (Lipinski definition) is 2. The summed E-state index contributed by atoms with van der Waals surface area (Å²) >= 11 is 0. The summed E-state index contributed by atoms with van der Waals surface area (Å²) in [4.78, 5) is 12.9. The van der Waals surface area contributed by atoms with Crippen LogP contribution in [-0.2, 0) is 7.05 Å². The highest BCUT2D eigenvalue weighted by atomic mass is 19.1. The van der Waals surface area contributed by atoms with Crippen molar-refractivity contribution in [3.05, 3.63) is 59.7 Å². The predicted octanol–water partition coefficient (Wildman–Crippen LogP) is 3.67. The van der Waals surface area contributed by atoms with Crippen molar-refractivity contribution in [2.75, 3.05) is 12.4 Å². The summed E-state index contributed by atoms with van der Waals surface area (Å²) in [6.45, 7) is 1.73. The lowest BCUT2D eigenvalue weighted by atomic mass is 10.1. The lowest BCUT2D eigenvalue weighted by molar-refractivity contribution is 0.102. The molecule has 0 fully saturated rings. The first-order valence-corrected chi connectivity index (χ1v) is 8.59. The molecule has 0 saturated carbocycles. The maximum atomic E-state index is 14.1. The number of rotatable bonds is 4. The number of methoxy groups -OCH3 is 1. The number of carbonyl (C=O) groups is 1. The number of nitrogens with zero attached hydrogens (tertiary/aromatic N) is 3. The number of amides is 1. The Bertz CT molecular complexity index is 1170. The quantitative estimate of drug-likeness (QED) is 0.567. The Balaban J connectivity index is 1.80. The topological polar surface area (TPSA) is 84.8 Å². The molecule has 2 aromatic heterocycles. The van der Waals surface area contributed by atoms with Crippen molar-refractivity contribution in [3.8, 4) is 17.0 Å². The van der Waals surface area contributed by atoms with E-state index in [0.29, 0.717) is 22.5 Å². The average Bonchev–Trinajstić information content (AvgIpc) is 3.29. The van der Waals surface area contributed by atoms with Gasteiger partial charge in [0.1, 0.15) is 17.3 Å². The van der Waals surface area contributed by atoms with Crippen LogP contribution in [0.15, 0.2) is 42.7 Å². The molecule has 0 atom stereocenters. The Labute approximate surface area is 160 Å². The molecule has 28 heavy (non-hydrogen) atoms. The number of aromatic amines is 1. The van der Waals surface area contributed by atoms with Crippen LogP contribution in [0.1, 0.15) is 15.9 Å². The van der Waals surface area contributed by atoms with E-state index in [4.69, 9.17) is 4.74 Å². The third kappa shape index (κ3) is 2.98. The van der Waals surface area contributed by atoms with Gasteiger partial charge in [-0.1, -0.05) is 12.1 Å². The number of aryl methyl sites for hydroxylation is 2. The number of H-pyrrole nitrogens is 1. The third-order valence-electron chi connectivity index (χ3n) is 4.57. The van der Waals surface area contributed by atoms with Crippen LogP contribution in [0.25, 0.3) is 22.2 Å². The van der Waals surface area contributed by atoms with Crippen molar-refractivity contribution in [2.24, 2.45) is 7.05 Å². The number of aromatic nitrogens is 4. The second-order valence-electron chi connectivity index (χ2n) is 6.46. The molecule has 8 heteroatoms. The molecular formula is C20H18FN5O2. The lowest BCUT2D eigenvalue weighted by Gasteiger charge is -2.12. The van der Waals surface area contributed by atoms with Gasteiger partial charge >= 0.3 is 0 Å². The fraction of sp³-hybridized carbons (Fsp3) is 0.150. The van der Waals surface area contributed by atoms with E-state index in [0.717, 1.165) is 10.9 Å². The molecule has 0 spiro atoms. The summed E-state index contributed by atoms with van der Waals surface area (Å²) in [7, 11) is 3.29. The van der Waals surface area contributed by atoms with Crippen molar-refractivity contribution in [2.45, 2.75) is 6.92 Å². The zero-order chi connectivity index (χ0) is 19.8. The highest BCUT2D eigenvalue weighted by Crippen LogP contribution is 2.32. The van der Waals surface area contributed by atoms with Crippen molar-refractivity contribution in [1.29, 1.82) is 0 Å². The summed E-state index contributed by atoms with van der Waals surface area (Å²) in [5, 5.41) is 14.8. The first-order valence-electron chi connectivity index (χ1n) is 8.59. The van der Waals surface area contributed by atoms with E-state index in [2.05, 4.69) is 20.6 Å². The number of hydrogen-bond acceptors (Lipinski definition) is 4. The molecule has 2 N–H and O–H groups in total. The van der Waals surface area contributed by atoms with Crippen LogP contribution < -0.4 is 10.1 Å². The highest BCUT2D eigenvalue weighted by Gasteiger charge is 2.19. The van der Waals surface area contributed by atoms with Crippen LogP contribution in [0, 0.1) is 12.7 Å². The normalized spacial score (nSPS) is 11.0. The summed E-state index contributed by atoms with van der Waals surface area (Å²) in [6.07, 6.45) is 3.53. The van der Waals surface area contributed by atoms with Gasteiger partial charge in [0.2, 0.25) is 0 Å². The fourth-order valence-electron chi connectivity index (χ4n) is 3.13. The van der Waals surface area contributed by atoms with Crippen LogP contribution in [0.2, 0.25) is 0 Å². The number of anilines is 1. The SMILES string of the molecule is COc1cc2[nH]nc(-c3cnn(C)c3)c2cc1C(=O)Nc1c(C)cccc1F. The van der Waals surface area contributed by atoms with Gasteiger partial charge in [0, 0.05) is 30.3 Å². The maximum Gasteiger partial charge on any atom is 0.259 e. The van der Waals surface area contributed by atoms with Crippen LogP contribution in [0.4, 0.5) is 10.1 Å². The molecule has 142 valence electrons. The second-order valence-corrected chi connectivity index (χ2v) is 6.46. The minimum Gasteiger partial charge on any atom is -0.496 e. The van der Waals surface area contributed by atoms with Gasteiger partial charge in [0.05, 0.1) is 30.1 Å². The molecule has 2 aromatic carbocycles. The van der Waals surface area contributed by atoms with E-state index in [1.807, 2.05) is 13.2 Å².